The van der Waals surface area contributed by atoms with Crippen molar-refractivity contribution in [2.75, 3.05) is 6.54 Å². The molecule has 106 valence electrons. The summed E-state index contributed by atoms with van der Waals surface area (Å²) in [5, 5.41) is 14.8. The molecule has 21 heavy (non-hydrogen) atoms. The normalized spacial score (nSPS) is 17.9. The molecular weight excluding hydrogens is 280 g/mol. The van der Waals surface area contributed by atoms with Crippen molar-refractivity contribution in [1.29, 1.82) is 0 Å². The minimum absolute atomic E-state index is 0.450. The second-order valence-electron chi connectivity index (χ2n) is 5.27. The monoisotopic (exact) mass is 296 g/mol. The smallest absolute Gasteiger partial charge is 0.0935 e. The third kappa shape index (κ3) is 2.25. The first kappa shape index (κ1) is 13.0. The molecule has 1 aromatic heterocycles. The SMILES string of the molecule is OC1CNCc2cccc3c2c1cn3Sc1ccccc1. The number of aliphatic hydroxyl groups is 1. The van der Waals surface area contributed by atoms with Crippen LogP contribution >= 0.6 is 11.9 Å². The van der Waals surface area contributed by atoms with Gasteiger partial charge in [-0.1, -0.05) is 30.3 Å². The average molecular weight is 296 g/mol. The molecule has 1 aliphatic rings. The Bertz CT molecular complexity index is 782. The third-order valence-corrected chi connectivity index (χ3v) is 4.85. The Labute approximate surface area is 127 Å². The Morgan fingerprint density at radius 1 is 1.10 bits per heavy atom. The number of nitrogens with one attached hydrogen (secondary N) is 1. The van der Waals surface area contributed by atoms with Crippen LogP contribution in [0.15, 0.2) is 59.6 Å². The standard InChI is InChI=1S/C17H16N2OS/c20-16-10-18-9-12-5-4-8-15-17(12)14(16)11-19(15)21-13-6-2-1-3-7-13/h1-8,11,16,18,20H,9-10H2. The molecule has 3 nitrogen and oxygen atoms in total. The second kappa shape index (κ2) is 5.22. The van der Waals surface area contributed by atoms with Crippen LogP contribution in [0.4, 0.5) is 0 Å². The second-order valence-corrected chi connectivity index (χ2v) is 6.32. The molecule has 0 aliphatic carbocycles. The van der Waals surface area contributed by atoms with E-state index in [2.05, 4.69) is 45.8 Å². The van der Waals surface area contributed by atoms with Gasteiger partial charge < -0.3 is 10.4 Å². The maximum Gasteiger partial charge on any atom is 0.0935 e. The Morgan fingerprint density at radius 3 is 2.81 bits per heavy atom. The van der Waals surface area contributed by atoms with Crippen molar-refractivity contribution in [3.05, 3.63) is 65.9 Å². The van der Waals surface area contributed by atoms with Gasteiger partial charge in [0.05, 0.1) is 11.6 Å². The fourth-order valence-electron chi connectivity index (χ4n) is 2.89. The molecule has 4 rings (SSSR count). The Hall–Kier alpha value is -1.75. The summed E-state index contributed by atoms with van der Waals surface area (Å²) in [6.07, 6.45) is 1.62. The fraction of sp³-hybridized carbons (Fsp3) is 0.176. The summed E-state index contributed by atoms with van der Waals surface area (Å²) in [4.78, 5) is 1.19. The highest BCUT2D eigenvalue weighted by Gasteiger charge is 2.21. The molecule has 2 N–H and O–H groups in total. The number of rotatable bonds is 2. The lowest BCUT2D eigenvalue weighted by molar-refractivity contribution is 0.177. The number of nitrogens with zero attached hydrogens (tertiary/aromatic N) is 1. The first-order chi connectivity index (χ1) is 10.3. The number of hydrogen-bond donors (Lipinski definition) is 2. The first-order valence-corrected chi connectivity index (χ1v) is 7.85. The summed E-state index contributed by atoms with van der Waals surface area (Å²) in [6.45, 7) is 1.41. The van der Waals surface area contributed by atoms with Gasteiger partial charge >= 0.3 is 0 Å². The lowest BCUT2D eigenvalue weighted by Crippen LogP contribution is -2.18. The van der Waals surface area contributed by atoms with E-state index in [0.717, 1.165) is 12.1 Å². The zero-order valence-electron chi connectivity index (χ0n) is 11.5. The number of β-amino-alcohol motifs (C(OH)–C–C–N with tert-alkyl or cyclic N) is 1. The summed E-state index contributed by atoms with van der Waals surface area (Å²) < 4.78 is 2.16. The van der Waals surface area contributed by atoms with E-state index in [0.29, 0.717) is 6.54 Å². The highest BCUT2D eigenvalue weighted by Crippen LogP contribution is 2.35. The number of benzene rings is 2. The van der Waals surface area contributed by atoms with Crippen LogP contribution in [0.2, 0.25) is 0 Å². The molecule has 0 fully saturated rings. The fourth-order valence-corrected chi connectivity index (χ4v) is 3.81. The van der Waals surface area contributed by atoms with Gasteiger partial charge in [-0.25, -0.2) is 0 Å². The molecule has 0 saturated carbocycles. The van der Waals surface area contributed by atoms with E-state index in [1.54, 1.807) is 11.9 Å². The Balaban J connectivity index is 1.88. The summed E-state index contributed by atoms with van der Waals surface area (Å²) in [6, 6.07) is 16.7. The van der Waals surface area contributed by atoms with Crippen LogP contribution < -0.4 is 5.32 Å². The maximum absolute atomic E-state index is 10.3. The van der Waals surface area contributed by atoms with Crippen molar-refractivity contribution >= 4 is 22.9 Å². The van der Waals surface area contributed by atoms with Crippen molar-refractivity contribution in [2.45, 2.75) is 17.5 Å². The van der Waals surface area contributed by atoms with Crippen molar-refractivity contribution in [2.24, 2.45) is 0 Å². The molecule has 1 aliphatic heterocycles. The van der Waals surface area contributed by atoms with Gasteiger partial charge in [-0.2, -0.15) is 0 Å². The Morgan fingerprint density at radius 2 is 1.95 bits per heavy atom. The van der Waals surface area contributed by atoms with Gasteiger partial charge in [0.1, 0.15) is 0 Å². The lowest BCUT2D eigenvalue weighted by atomic mass is 10.0. The summed E-state index contributed by atoms with van der Waals surface area (Å²) in [5.41, 5.74) is 3.44. The molecule has 1 unspecified atom stereocenters. The van der Waals surface area contributed by atoms with E-state index < -0.39 is 6.10 Å². The van der Waals surface area contributed by atoms with Gasteiger partial charge in [-0.3, -0.25) is 3.97 Å². The van der Waals surface area contributed by atoms with E-state index >= 15 is 0 Å². The molecule has 3 aromatic rings. The van der Waals surface area contributed by atoms with Gasteiger partial charge in [-0.15, -0.1) is 0 Å². The predicted molar refractivity (Wildman–Crippen MR) is 86.3 cm³/mol. The van der Waals surface area contributed by atoms with Gasteiger partial charge in [0.15, 0.2) is 0 Å². The molecule has 0 amide bonds. The van der Waals surface area contributed by atoms with E-state index in [1.165, 1.54) is 21.4 Å². The quantitative estimate of drug-likeness (QED) is 0.761. The van der Waals surface area contributed by atoms with Crippen molar-refractivity contribution in [3.8, 4) is 0 Å². The molecule has 4 heteroatoms. The summed E-state index contributed by atoms with van der Waals surface area (Å²) >= 11 is 1.68. The largest absolute Gasteiger partial charge is 0.387 e. The average Bonchev–Trinajstić information content (AvgIpc) is 2.79. The zero-order chi connectivity index (χ0) is 14.2. The number of aliphatic hydroxyl groups excluding tert-OH is 1. The minimum atomic E-state index is -0.450. The Kier molecular flexibility index (Phi) is 3.22. The van der Waals surface area contributed by atoms with Crippen LogP contribution in [0, 0.1) is 0 Å². The van der Waals surface area contributed by atoms with Gasteiger partial charge in [0.2, 0.25) is 0 Å². The molecular formula is C17H16N2OS. The molecule has 0 radical (unpaired) electrons. The molecule has 2 heterocycles. The highest BCUT2D eigenvalue weighted by molar-refractivity contribution is 7.98. The topological polar surface area (TPSA) is 37.2 Å². The third-order valence-electron chi connectivity index (χ3n) is 3.87. The predicted octanol–water partition coefficient (Wildman–Crippen LogP) is 3.33. The van der Waals surface area contributed by atoms with E-state index in [9.17, 15) is 5.11 Å². The van der Waals surface area contributed by atoms with Crippen LogP contribution in [0.5, 0.6) is 0 Å². The maximum atomic E-state index is 10.3. The first-order valence-electron chi connectivity index (χ1n) is 7.08. The summed E-state index contributed by atoms with van der Waals surface area (Å²) in [5.74, 6) is 0. The van der Waals surface area contributed by atoms with Gasteiger partial charge in [0.25, 0.3) is 0 Å². The van der Waals surface area contributed by atoms with Crippen molar-refractivity contribution in [3.63, 3.8) is 0 Å². The minimum Gasteiger partial charge on any atom is -0.387 e. The zero-order valence-corrected chi connectivity index (χ0v) is 12.3. The molecule has 0 saturated heterocycles. The van der Waals surface area contributed by atoms with Gasteiger partial charge in [0, 0.05) is 35.1 Å². The van der Waals surface area contributed by atoms with E-state index in [4.69, 9.17) is 0 Å². The van der Waals surface area contributed by atoms with Crippen LogP contribution in [0.25, 0.3) is 10.9 Å². The molecule has 0 spiro atoms. The van der Waals surface area contributed by atoms with Crippen LogP contribution in [-0.2, 0) is 6.54 Å². The van der Waals surface area contributed by atoms with Crippen molar-refractivity contribution in [1.82, 2.24) is 9.29 Å². The number of hydrogen-bond acceptors (Lipinski definition) is 3. The number of aromatic nitrogens is 1. The van der Waals surface area contributed by atoms with Crippen LogP contribution in [0.1, 0.15) is 17.2 Å². The molecule has 2 aromatic carbocycles. The molecule has 1 atom stereocenters. The van der Waals surface area contributed by atoms with Crippen LogP contribution in [-0.4, -0.2) is 15.6 Å². The van der Waals surface area contributed by atoms with Gasteiger partial charge in [-0.05, 0) is 35.7 Å². The van der Waals surface area contributed by atoms with Crippen molar-refractivity contribution < 1.29 is 5.11 Å². The lowest BCUT2D eigenvalue weighted by Gasteiger charge is -2.07. The van der Waals surface area contributed by atoms with Crippen LogP contribution in [0.3, 0.4) is 0 Å². The van der Waals surface area contributed by atoms with E-state index in [1.807, 2.05) is 18.2 Å². The van der Waals surface area contributed by atoms with E-state index in [-0.39, 0.29) is 0 Å². The summed E-state index contributed by atoms with van der Waals surface area (Å²) in [7, 11) is 0. The highest BCUT2D eigenvalue weighted by atomic mass is 32.2. The molecule has 0 bridgehead atoms.